The molecule has 7 nitrogen and oxygen atoms in total. The van der Waals surface area contributed by atoms with Crippen molar-refractivity contribution in [2.75, 3.05) is 19.8 Å². The van der Waals surface area contributed by atoms with Crippen LogP contribution in [0, 0.1) is 0 Å². The number of aliphatic hydroxyl groups is 1. The number of ether oxygens (including phenoxy) is 3. The van der Waals surface area contributed by atoms with Gasteiger partial charge in [-0.2, -0.15) is 0 Å². The maximum Gasteiger partial charge on any atom is 0.372 e. The minimum atomic E-state index is -0.728. The third kappa shape index (κ3) is 27.7. The molecule has 0 fully saturated rings. The first kappa shape index (κ1) is 31.1. The van der Waals surface area contributed by atoms with Crippen LogP contribution in [0.3, 0.4) is 0 Å². The second-order valence-corrected chi connectivity index (χ2v) is 5.93. The van der Waals surface area contributed by atoms with E-state index in [0.717, 1.165) is 38.5 Å². The molecule has 0 saturated heterocycles. The van der Waals surface area contributed by atoms with Crippen molar-refractivity contribution in [2.24, 2.45) is 0 Å². The summed E-state index contributed by atoms with van der Waals surface area (Å²) in [7, 11) is 0. The summed E-state index contributed by atoms with van der Waals surface area (Å²) in [6, 6.07) is 0. The highest BCUT2D eigenvalue weighted by Crippen LogP contribution is 1.94. The van der Waals surface area contributed by atoms with E-state index in [1.54, 1.807) is 6.92 Å². The van der Waals surface area contributed by atoms with E-state index in [9.17, 15) is 14.4 Å². The van der Waals surface area contributed by atoms with Crippen LogP contribution in [0.25, 0.3) is 0 Å². The number of hydrogen-bond donors (Lipinski definition) is 1. The van der Waals surface area contributed by atoms with Gasteiger partial charge in [-0.15, -0.1) is 0 Å². The Bertz CT molecular complexity index is 463. The van der Waals surface area contributed by atoms with E-state index in [2.05, 4.69) is 36.1 Å². The minimum Gasteiger partial charge on any atom is -0.502 e. The lowest BCUT2D eigenvalue weighted by atomic mass is 10.3. The van der Waals surface area contributed by atoms with Crippen molar-refractivity contribution in [1.29, 1.82) is 0 Å². The smallest absolute Gasteiger partial charge is 0.372 e. The molecular formula is C22H38O7. The fourth-order valence-electron chi connectivity index (χ4n) is 1.20. The molecule has 0 radical (unpaired) electrons. The van der Waals surface area contributed by atoms with Gasteiger partial charge < -0.3 is 19.3 Å². The van der Waals surface area contributed by atoms with E-state index < -0.39 is 11.7 Å². The fourth-order valence-corrected chi connectivity index (χ4v) is 1.20. The van der Waals surface area contributed by atoms with Gasteiger partial charge in [0.1, 0.15) is 0 Å². The molecule has 0 aromatic heterocycles. The Hall–Kier alpha value is -2.57. The monoisotopic (exact) mass is 414 g/mol. The van der Waals surface area contributed by atoms with Crippen molar-refractivity contribution in [3.8, 4) is 0 Å². The van der Waals surface area contributed by atoms with E-state index in [0.29, 0.717) is 25.4 Å². The standard InChI is InChI=1S/C8H14O2.C7H12O3.C7H12O2/c1-4-5-6-10-8(9)7(2)3;1-3-4-5-10-7(9)6(2)8;1-3-5-6-9-7(8)4-2/h2,4-6H2,1,3H3;8H,2-5H2,1H3;4H,2-3,5-6H2,1H3. The summed E-state index contributed by atoms with van der Waals surface area (Å²) in [4.78, 5) is 31.5. The van der Waals surface area contributed by atoms with Gasteiger partial charge in [0, 0.05) is 11.6 Å². The Morgan fingerprint density at radius 2 is 1.17 bits per heavy atom. The molecule has 0 spiro atoms. The lowest BCUT2D eigenvalue weighted by Gasteiger charge is -2.01. The van der Waals surface area contributed by atoms with Crippen molar-refractivity contribution in [2.45, 2.75) is 66.2 Å². The van der Waals surface area contributed by atoms with Crippen LogP contribution in [-0.4, -0.2) is 42.8 Å². The van der Waals surface area contributed by atoms with Gasteiger partial charge in [-0.05, 0) is 32.8 Å². The normalized spacial score (nSPS) is 8.83. The van der Waals surface area contributed by atoms with Gasteiger partial charge in [0.05, 0.1) is 19.8 Å². The van der Waals surface area contributed by atoms with Crippen LogP contribution >= 0.6 is 0 Å². The van der Waals surface area contributed by atoms with Crippen LogP contribution < -0.4 is 0 Å². The van der Waals surface area contributed by atoms with Gasteiger partial charge in [-0.1, -0.05) is 53.2 Å². The second kappa shape index (κ2) is 23.5. The lowest BCUT2D eigenvalue weighted by molar-refractivity contribution is -0.142. The van der Waals surface area contributed by atoms with Crippen molar-refractivity contribution in [1.82, 2.24) is 0 Å². The Balaban J connectivity index is -0.000000350. The molecule has 7 heteroatoms. The Morgan fingerprint density at radius 3 is 1.48 bits per heavy atom. The van der Waals surface area contributed by atoms with Gasteiger partial charge in [0.25, 0.3) is 0 Å². The molecule has 168 valence electrons. The number of unbranched alkanes of at least 4 members (excludes halogenated alkanes) is 3. The summed E-state index contributed by atoms with van der Waals surface area (Å²) in [6.07, 6.45) is 6.91. The van der Waals surface area contributed by atoms with E-state index in [4.69, 9.17) is 9.84 Å². The predicted octanol–water partition coefficient (Wildman–Crippen LogP) is 4.82. The first-order valence-corrected chi connectivity index (χ1v) is 9.84. The van der Waals surface area contributed by atoms with Crippen LogP contribution in [0.5, 0.6) is 0 Å². The topological polar surface area (TPSA) is 99.1 Å². The summed E-state index contributed by atoms with van der Waals surface area (Å²) in [5.41, 5.74) is 0.469. The number of rotatable bonds is 12. The van der Waals surface area contributed by atoms with Crippen molar-refractivity contribution in [3.63, 3.8) is 0 Å². The van der Waals surface area contributed by atoms with Gasteiger partial charge >= 0.3 is 17.9 Å². The maximum absolute atomic E-state index is 10.7. The molecule has 29 heavy (non-hydrogen) atoms. The number of hydrogen-bond acceptors (Lipinski definition) is 7. The highest BCUT2D eigenvalue weighted by molar-refractivity contribution is 5.86. The fraction of sp³-hybridized carbons (Fsp3) is 0.591. The largest absolute Gasteiger partial charge is 0.502 e. The quantitative estimate of drug-likeness (QED) is 0.161. The Labute approximate surface area is 175 Å². The number of aliphatic hydroxyl groups excluding tert-OH is 1. The zero-order valence-corrected chi connectivity index (χ0v) is 18.5. The van der Waals surface area contributed by atoms with E-state index in [1.165, 1.54) is 6.08 Å². The third-order valence-electron chi connectivity index (χ3n) is 2.96. The van der Waals surface area contributed by atoms with Crippen LogP contribution in [0.4, 0.5) is 0 Å². The average Bonchev–Trinajstić information content (AvgIpc) is 2.69. The number of carbonyl (C=O) groups excluding carboxylic acids is 3. The summed E-state index contributed by atoms with van der Waals surface area (Å²) in [6.45, 7) is 18.9. The van der Waals surface area contributed by atoms with Crippen LogP contribution in [-0.2, 0) is 28.6 Å². The van der Waals surface area contributed by atoms with E-state index in [1.807, 2.05) is 13.8 Å². The lowest BCUT2D eigenvalue weighted by Crippen LogP contribution is -2.07. The highest BCUT2D eigenvalue weighted by Gasteiger charge is 2.03. The number of esters is 3. The molecule has 0 bridgehead atoms. The highest BCUT2D eigenvalue weighted by atomic mass is 16.5. The predicted molar refractivity (Wildman–Crippen MR) is 114 cm³/mol. The van der Waals surface area contributed by atoms with E-state index in [-0.39, 0.29) is 11.9 Å². The molecule has 0 aliphatic heterocycles. The summed E-state index contributed by atoms with van der Waals surface area (Å²) in [5, 5.41) is 8.45. The van der Waals surface area contributed by atoms with Gasteiger partial charge in [0.15, 0.2) is 5.76 Å². The van der Waals surface area contributed by atoms with Crippen LogP contribution in [0.2, 0.25) is 0 Å². The summed E-state index contributed by atoms with van der Waals surface area (Å²) >= 11 is 0. The first-order chi connectivity index (χ1) is 13.7. The van der Waals surface area contributed by atoms with Crippen molar-refractivity contribution < 1.29 is 33.7 Å². The molecule has 0 unspecified atom stereocenters. The molecule has 0 aliphatic rings. The summed E-state index contributed by atoms with van der Waals surface area (Å²) in [5.74, 6) is -1.87. The average molecular weight is 415 g/mol. The summed E-state index contributed by atoms with van der Waals surface area (Å²) < 4.78 is 14.0. The molecule has 0 heterocycles. The molecule has 0 aromatic rings. The Kier molecular flexibility index (Phi) is 25.2. The molecule has 1 N–H and O–H groups in total. The van der Waals surface area contributed by atoms with Crippen LogP contribution in [0.15, 0.2) is 37.1 Å². The first-order valence-electron chi connectivity index (χ1n) is 9.84. The van der Waals surface area contributed by atoms with Crippen molar-refractivity contribution >= 4 is 17.9 Å². The van der Waals surface area contributed by atoms with Gasteiger partial charge in [-0.25, -0.2) is 14.4 Å². The van der Waals surface area contributed by atoms with E-state index >= 15 is 0 Å². The SMILES string of the molecule is C=C(C)C(=O)OCCCC.C=C(O)C(=O)OCCCC.C=CC(=O)OCCCC. The molecule has 0 aliphatic carbocycles. The molecule has 0 amide bonds. The molecular weight excluding hydrogens is 376 g/mol. The molecule has 0 atom stereocenters. The zero-order valence-electron chi connectivity index (χ0n) is 18.5. The second-order valence-electron chi connectivity index (χ2n) is 5.93. The molecule has 0 saturated carbocycles. The van der Waals surface area contributed by atoms with Crippen molar-refractivity contribution in [3.05, 3.63) is 37.1 Å². The van der Waals surface area contributed by atoms with Crippen LogP contribution in [0.1, 0.15) is 66.2 Å². The maximum atomic E-state index is 10.7. The number of carbonyl (C=O) groups is 3. The molecule has 0 aromatic carbocycles. The Morgan fingerprint density at radius 1 is 0.793 bits per heavy atom. The molecule has 0 rings (SSSR count). The minimum absolute atomic E-state index is 0.284. The zero-order chi connectivity index (χ0) is 23.1. The van der Waals surface area contributed by atoms with Gasteiger partial charge in [-0.3, -0.25) is 0 Å². The van der Waals surface area contributed by atoms with Gasteiger partial charge in [0.2, 0.25) is 0 Å². The third-order valence-corrected chi connectivity index (χ3v) is 2.96.